The van der Waals surface area contributed by atoms with Gasteiger partial charge in [-0.05, 0) is 23.8 Å². The Morgan fingerprint density at radius 2 is 2.30 bits per heavy atom. The van der Waals surface area contributed by atoms with Gasteiger partial charge in [0.1, 0.15) is 0 Å². The summed E-state index contributed by atoms with van der Waals surface area (Å²) in [5.74, 6) is 1.37. The summed E-state index contributed by atoms with van der Waals surface area (Å²) < 4.78 is 12.5. The maximum Gasteiger partial charge on any atom is 0.231 e. The molecule has 0 saturated heterocycles. The van der Waals surface area contributed by atoms with E-state index in [0.29, 0.717) is 10.8 Å². The number of hydrogen-bond acceptors (Lipinski definition) is 4. The molecule has 0 amide bonds. The normalized spacial score (nSPS) is 12.9. The van der Waals surface area contributed by atoms with Crippen molar-refractivity contribution in [2.75, 3.05) is 13.3 Å². The first-order valence-corrected chi connectivity index (χ1v) is 6.87. The van der Waals surface area contributed by atoms with Crippen LogP contribution in [-0.4, -0.2) is 23.1 Å². The van der Waals surface area contributed by atoms with Crippen molar-refractivity contribution in [3.8, 4) is 11.5 Å². The number of aryl methyl sites for hydroxylation is 1. The van der Waals surface area contributed by atoms with Gasteiger partial charge in [0.15, 0.2) is 11.5 Å². The molecule has 0 unspecified atom stereocenters. The minimum atomic E-state index is 0.242. The molecule has 0 radical (unpaired) electrons. The Labute approximate surface area is 122 Å². The number of nitrogens with zero attached hydrogens (tertiary/aromatic N) is 2. The van der Waals surface area contributed by atoms with Crippen LogP contribution in [0.5, 0.6) is 11.5 Å². The molecule has 2 heterocycles. The van der Waals surface area contributed by atoms with Crippen LogP contribution in [-0.2, 0) is 20.0 Å². The second kappa shape index (κ2) is 5.73. The predicted molar refractivity (Wildman–Crippen MR) is 76.2 cm³/mol. The fourth-order valence-electron chi connectivity index (χ4n) is 2.22. The zero-order chi connectivity index (χ0) is 13.9. The highest BCUT2D eigenvalue weighted by molar-refractivity contribution is 6.32. The van der Waals surface area contributed by atoms with Crippen molar-refractivity contribution in [2.45, 2.75) is 13.0 Å². The molecule has 6 heteroatoms. The molecule has 20 heavy (non-hydrogen) atoms. The van der Waals surface area contributed by atoms with E-state index in [4.69, 9.17) is 21.1 Å². The van der Waals surface area contributed by atoms with Gasteiger partial charge in [0.05, 0.1) is 5.02 Å². The number of ether oxygens (including phenoxy) is 2. The van der Waals surface area contributed by atoms with Gasteiger partial charge < -0.3 is 14.8 Å². The van der Waals surface area contributed by atoms with E-state index >= 15 is 0 Å². The van der Waals surface area contributed by atoms with E-state index in [2.05, 4.69) is 10.4 Å². The van der Waals surface area contributed by atoms with Gasteiger partial charge in [0.25, 0.3) is 0 Å². The van der Waals surface area contributed by atoms with E-state index in [9.17, 15) is 0 Å². The van der Waals surface area contributed by atoms with E-state index in [0.717, 1.165) is 30.8 Å². The van der Waals surface area contributed by atoms with Gasteiger partial charge in [-0.25, -0.2) is 0 Å². The van der Waals surface area contributed by atoms with Crippen LogP contribution in [0.4, 0.5) is 0 Å². The summed E-state index contributed by atoms with van der Waals surface area (Å²) in [4.78, 5) is 0. The summed E-state index contributed by atoms with van der Waals surface area (Å²) in [5, 5.41) is 8.14. The lowest BCUT2D eigenvalue weighted by molar-refractivity contribution is 0.174. The van der Waals surface area contributed by atoms with E-state index in [1.165, 1.54) is 5.69 Å². The van der Waals surface area contributed by atoms with Crippen LogP contribution >= 0.6 is 11.6 Å². The van der Waals surface area contributed by atoms with Crippen molar-refractivity contribution in [3.05, 3.63) is 40.7 Å². The second-order valence-corrected chi connectivity index (χ2v) is 5.09. The Morgan fingerprint density at radius 1 is 1.40 bits per heavy atom. The second-order valence-electron chi connectivity index (χ2n) is 4.68. The van der Waals surface area contributed by atoms with Crippen LogP contribution in [0.25, 0.3) is 0 Å². The highest BCUT2D eigenvalue weighted by atomic mass is 35.5. The number of rotatable bonds is 5. The van der Waals surface area contributed by atoms with Gasteiger partial charge >= 0.3 is 0 Å². The van der Waals surface area contributed by atoms with E-state index < -0.39 is 0 Å². The third kappa shape index (κ3) is 2.73. The van der Waals surface area contributed by atoms with Crippen LogP contribution in [0.2, 0.25) is 5.02 Å². The molecule has 0 aliphatic carbocycles. The monoisotopic (exact) mass is 293 g/mol. The van der Waals surface area contributed by atoms with Gasteiger partial charge in [-0.3, -0.25) is 4.68 Å². The minimum Gasteiger partial charge on any atom is -0.454 e. The van der Waals surface area contributed by atoms with Gasteiger partial charge in [-0.1, -0.05) is 11.6 Å². The SMILES string of the molecule is Cn1nccc1CCNCc1cc(Cl)c2c(c1)OCO2. The highest BCUT2D eigenvalue weighted by Gasteiger charge is 2.17. The van der Waals surface area contributed by atoms with Crippen molar-refractivity contribution in [3.63, 3.8) is 0 Å². The molecular formula is C14H16ClN3O2. The van der Waals surface area contributed by atoms with Crippen molar-refractivity contribution in [1.82, 2.24) is 15.1 Å². The third-order valence-corrected chi connectivity index (χ3v) is 3.58. The van der Waals surface area contributed by atoms with Gasteiger partial charge in [0, 0.05) is 38.4 Å². The Bertz CT molecular complexity index is 612. The summed E-state index contributed by atoms with van der Waals surface area (Å²) in [6.07, 6.45) is 2.75. The Kier molecular flexibility index (Phi) is 3.80. The van der Waals surface area contributed by atoms with E-state index in [1.807, 2.05) is 36.1 Å². The smallest absolute Gasteiger partial charge is 0.231 e. The molecule has 5 nitrogen and oxygen atoms in total. The minimum absolute atomic E-state index is 0.242. The molecule has 2 aromatic rings. The molecule has 1 aromatic heterocycles. The lowest BCUT2D eigenvalue weighted by Crippen LogP contribution is -2.17. The van der Waals surface area contributed by atoms with Gasteiger partial charge in [0.2, 0.25) is 6.79 Å². The number of nitrogens with one attached hydrogen (secondary N) is 1. The molecule has 3 rings (SSSR count). The Balaban J connectivity index is 1.54. The van der Waals surface area contributed by atoms with E-state index in [1.54, 1.807) is 0 Å². The lowest BCUT2D eigenvalue weighted by atomic mass is 10.2. The average molecular weight is 294 g/mol. The summed E-state index contributed by atoms with van der Waals surface area (Å²) in [5.41, 5.74) is 2.30. The molecule has 0 fully saturated rings. The maximum atomic E-state index is 6.15. The van der Waals surface area contributed by atoms with Crippen LogP contribution < -0.4 is 14.8 Å². The number of benzene rings is 1. The molecular weight excluding hydrogens is 278 g/mol. The molecule has 106 valence electrons. The fourth-order valence-corrected chi connectivity index (χ4v) is 2.51. The zero-order valence-corrected chi connectivity index (χ0v) is 12.0. The number of fused-ring (bicyclic) bond motifs is 1. The van der Waals surface area contributed by atoms with Crippen LogP contribution in [0.15, 0.2) is 24.4 Å². The standard InChI is InChI=1S/C14H16ClN3O2/c1-18-11(3-5-17-18)2-4-16-8-10-6-12(15)14-13(7-10)19-9-20-14/h3,5-7,16H,2,4,8-9H2,1H3. The Morgan fingerprint density at radius 3 is 3.10 bits per heavy atom. The molecule has 0 bridgehead atoms. The molecule has 1 aromatic carbocycles. The summed E-state index contributed by atoms with van der Waals surface area (Å²) >= 11 is 6.15. The first-order chi connectivity index (χ1) is 9.74. The van der Waals surface area contributed by atoms with Gasteiger partial charge in [-0.2, -0.15) is 5.10 Å². The molecule has 0 spiro atoms. The Hall–Kier alpha value is -1.72. The molecule has 1 N–H and O–H groups in total. The fraction of sp³-hybridized carbons (Fsp3) is 0.357. The zero-order valence-electron chi connectivity index (χ0n) is 11.2. The maximum absolute atomic E-state index is 6.15. The topological polar surface area (TPSA) is 48.3 Å². The molecule has 0 atom stereocenters. The van der Waals surface area contributed by atoms with Crippen molar-refractivity contribution in [1.29, 1.82) is 0 Å². The van der Waals surface area contributed by atoms with Gasteiger partial charge in [-0.15, -0.1) is 0 Å². The number of aromatic nitrogens is 2. The molecule has 1 aliphatic rings. The molecule has 1 aliphatic heterocycles. The van der Waals surface area contributed by atoms with Crippen LogP contribution in [0, 0.1) is 0 Å². The molecule has 0 saturated carbocycles. The first kappa shape index (κ1) is 13.3. The number of halogens is 1. The third-order valence-electron chi connectivity index (χ3n) is 3.30. The largest absolute Gasteiger partial charge is 0.454 e. The average Bonchev–Trinajstić information content (AvgIpc) is 3.04. The summed E-state index contributed by atoms with van der Waals surface area (Å²) in [6, 6.07) is 5.90. The lowest BCUT2D eigenvalue weighted by Gasteiger charge is -2.07. The summed E-state index contributed by atoms with van der Waals surface area (Å²) in [7, 11) is 1.95. The van der Waals surface area contributed by atoms with Crippen molar-refractivity contribution >= 4 is 11.6 Å². The summed E-state index contributed by atoms with van der Waals surface area (Å²) in [6.45, 7) is 1.87. The van der Waals surface area contributed by atoms with Crippen LogP contribution in [0.1, 0.15) is 11.3 Å². The van der Waals surface area contributed by atoms with Crippen molar-refractivity contribution < 1.29 is 9.47 Å². The number of hydrogen-bond donors (Lipinski definition) is 1. The van der Waals surface area contributed by atoms with E-state index in [-0.39, 0.29) is 6.79 Å². The quantitative estimate of drug-likeness (QED) is 0.858. The highest BCUT2D eigenvalue weighted by Crippen LogP contribution is 2.39. The first-order valence-electron chi connectivity index (χ1n) is 6.49. The van der Waals surface area contributed by atoms with Crippen LogP contribution in [0.3, 0.4) is 0 Å². The predicted octanol–water partition coefficient (Wildman–Crippen LogP) is 2.13. The van der Waals surface area contributed by atoms with Crippen molar-refractivity contribution in [2.24, 2.45) is 7.05 Å².